The van der Waals surface area contributed by atoms with Gasteiger partial charge >= 0.3 is 0 Å². The molecular formula is C19H20N2O4. The Balaban J connectivity index is 1.54. The van der Waals surface area contributed by atoms with Crippen molar-refractivity contribution in [1.82, 2.24) is 9.88 Å². The predicted octanol–water partition coefficient (Wildman–Crippen LogP) is 2.47. The monoisotopic (exact) mass is 340 g/mol. The first-order valence-corrected chi connectivity index (χ1v) is 8.19. The molecule has 0 bridgehead atoms. The van der Waals surface area contributed by atoms with Crippen molar-refractivity contribution >= 4 is 11.7 Å². The van der Waals surface area contributed by atoms with E-state index < -0.39 is 0 Å². The van der Waals surface area contributed by atoms with Gasteiger partial charge in [-0.1, -0.05) is 6.07 Å². The lowest BCUT2D eigenvalue weighted by molar-refractivity contribution is -0.130. The van der Waals surface area contributed by atoms with Gasteiger partial charge in [-0.3, -0.25) is 14.6 Å². The fraction of sp³-hybridized carbons (Fsp3) is 0.316. The van der Waals surface area contributed by atoms with Gasteiger partial charge in [-0.2, -0.15) is 0 Å². The van der Waals surface area contributed by atoms with Gasteiger partial charge in [0, 0.05) is 44.4 Å². The Morgan fingerprint density at radius 3 is 2.68 bits per heavy atom. The number of rotatable bonds is 6. The molecule has 0 saturated heterocycles. The van der Waals surface area contributed by atoms with Crippen molar-refractivity contribution in [2.45, 2.75) is 19.4 Å². The molecule has 6 nitrogen and oxygen atoms in total. The van der Waals surface area contributed by atoms with Crippen molar-refractivity contribution in [3.05, 3.63) is 53.9 Å². The van der Waals surface area contributed by atoms with Crippen LogP contribution in [0.1, 0.15) is 28.8 Å². The molecule has 1 aromatic carbocycles. The number of amides is 1. The number of pyridine rings is 1. The Hall–Kier alpha value is -2.89. The van der Waals surface area contributed by atoms with Crippen LogP contribution in [0, 0.1) is 0 Å². The summed E-state index contributed by atoms with van der Waals surface area (Å²) in [4.78, 5) is 30.2. The van der Waals surface area contributed by atoms with E-state index in [4.69, 9.17) is 9.47 Å². The normalized spacial score (nSPS) is 12.5. The number of hydrogen-bond acceptors (Lipinski definition) is 5. The van der Waals surface area contributed by atoms with Gasteiger partial charge in [0.15, 0.2) is 17.3 Å². The van der Waals surface area contributed by atoms with E-state index >= 15 is 0 Å². The van der Waals surface area contributed by atoms with Gasteiger partial charge in [-0.25, -0.2) is 0 Å². The van der Waals surface area contributed by atoms with E-state index in [9.17, 15) is 9.59 Å². The highest BCUT2D eigenvalue weighted by Gasteiger charge is 2.17. The van der Waals surface area contributed by atoms with Gasteiger partial charge in [0.25, 0.3) is 0 Å². The van der Waals surface area contributed by atoms with E-state index in [0.717, 1.165) is 5.56 Å². The van der Waals surface area contributed by atoms with Gasteiger partial charge in [-0.15, -0.1) is 0 Å². The second-order valence-electron chi connectivity index (χ2n) is 5.89. The molecule has 0 N–H and O–H groups in total. The highest BCUT2D eigenvalue weighted by molar-refractivity contribution is 5.98. The Labute approximate surface area is 146 Å². The van der Waals surface area contributed by atoms with Gasteiger partial charge in [-0.05, 0) is 29.8 Å². The van der Waals surface area contributed by atoms with Crippen LogP contribution in [-0.2, 0) is 11.3 Å². The number of ether oxygens (including phenoxy) is 2. The number of benzene rings is 1. The summed E-state index contributed by atoms with van der Waals surface area (Å²) in [5.41, 5.74) is 1.49. The Kier molecular flexibility index (Phi) is 5.28. The zero-order chi connectivity index (χ0) is 17.6. The third-order valence-corrected chi connectivity index (χ3v) is 4.00. The second kappa shape index (κ2) is 7.79. The van der Waals surface area contributed by atoms with Crippen molar-refractivity contribution in [2.24, 2.45) is 0 Å². The first-order chi connectivity index (χ1) is 12.1. The maximum Gasteiger partial charge on any atom is 0.223 e. The van der Waals surface area contributed by atoms with Gasteiger partial charge < -0.3 is 14.4 Å². The van der Waals surface area contributed by atoms with Crippen molar-refractivity contribution in [3.63, 3.8) is 0 Å². The maximum atomic E-state index is 12.3. The highest BCUT2D eigenvalue weighted by Crippen LogP contribution is 2.31. The summed E-state index contributed by atoms with van der Waals surface area (Å²) in [7, 11) is 1.73. The fourth-order valence-corrected chi connectivity index (χ4v) is 2.63. The number of ketones is 1. The summed E-state index contributed by atoms with van der Waals surface area (Å²) in [6.45, 7) is 1.46. The van der Waals surface area contributed by atoms with E-state index in [1.807, 2.05) is 12.1 Å². The summed E-state index contributed by atoms with van der Waals surface area (Å²) in [5.74, 6) is 1.07. The second-order valence-corrected chi connectivity index (χ2v) is 5.89. The topological polar surface area (TPSA) is 68.7 Å². The zero-order valence-corrected chi connectivity index (χ0v) is 14.1. The number of nitrogens with zero attached hydrogens (tertiary/aromatic N) is 2. The van der Waals surface area contributed by atoms with E-state index in [1.54, 1.807) is 42.5 Å². The average molecular weight is 340 g/mol. The number of carbonyl (C=O) groups is 2. The van der Waals surface area contributed by atoms with Gasteiger partial charge in [0.1, 0.15) is 13.2 Å². The summed E-state index contributed by atoms with van der Waals surface area (Å²) in [6, 6.07) is 8.87. The van der Waals surface area contributed by atoms with E-state index in [1.165, 1.54) is 0 Å². The molecule has 0 spiro atoms. The quantitative estimate of drug-likeness (QED) is 0.756. The van der Waals surface area contributed by atoms with Crippen molar-refractivity contribution < 1.29 is 19.1 Å². The lowest BCUT2D eigenvalue weighted by Crippen LogP contribution is -2.26. The van der Waals surface area contributed by atoms with Crippen LogP contribution >= 0.6 is 0 Å². The number of hydrogen-bond donors (Lipinski definition) is 0. The van der Waals surface area contributed by atoms with Crippen LogP contribution < -0.4 is 9.47 Å². The average Bonchev–Trinajstić information content (AvgIpc) is 2.66. The van der Waals surface area contributed by atoms with Gasteiger partial charge in [0.05, 0.1) is 0 Å². The lowest BCUT2D eigenvalue weighted by atomic mass is 10.1. The van der Waals surface area contributed by atoms with Crippen molar-refractivity contribution in [2.75, 3.05) is 20.3 Å². The molecule has 3 rings (SSSR count). The van der Waals surface area contributed by atoms with Crippen LogP contribution in [0.3, 0.4) is 0 Å². The smallest absolute Gasteiger partial charge is 0.223 e. The van der Waals surface area contributed by atoms with Gasteiger partial charge in [0.2, 0.25) is 5.91 Å². The number of aromatic nitrogens is 1. The molecule has 2 aromatic rings. The highest BCUT2D eigenvalue weighted by atomic mass is 16.6. The third-order valence-electron chi connectivity index (χ3n) is 4.00. The molecule has 25 heavy (non-hydrogen) atoms. The molecule has 130 valence electrons. The van der Waals surface area contributed by atoms with E-state index in [2.05, 4.69) is 4.98 Å². The molecule has 1 aliphatic rings. The Morgan fingerprint density at radius 2 is 1.92 bits per heavy atom. The predicted molar refractivity (Wildman–Crippen MR) is 91.7 cm³/mol. The minimum absolute atomic E-state index is 0.0743. The maximum absolute atomic E-state index is 12.3. The Morgan fingerprint density at radius 1 is 1.12 bits per heavy atom. The van der Waals surface area contributed by atoms with E-state index in [-0.39, 0.29) is 24.5 Å². The molecule has 2 heterocycles. The van der Waals surface area contributed by atoms with Crippen LogP contribution in [0.5, 0.6) is 11.5 Å². The molecule has 1 amide bonds. The molecule has 0 unspecified atom stereocenters. The molecular weight excluding hydrogens is 320 g/mol. The molecule has 1 aromatic heterocycles. The molecule has 0 radical (unpaired) electrons. The molecule has 0 fully saturated rings. The summed E-state index contributed by atoms with van der Waals surface area (Å²) in [6.07, 6.45) is 3.75. The Bertz CT molecular complexity index is 761. The van der Waals surface area contributed by atoms with Crippen LogP contribution in [0.15, 0.2) is 42.7 Å². The standard InChI is InChI=1S/C19H20N2O4/c1-21(13-14-3-2-8-20-12-14)19(23)7-5-16(22)15-4-6-17-18(11-15)25-10-9-24-17/h2-4,6,8,11-12H,5,7,9-10,13H2,1H3. The van der Waals surface area contributed by atoms with Crippen LogP contribution in [0.2, 0.25) is 0 Å². The summed E-state index contributed by atoms with van der Waals surface area (Å²) >= 11 is 0. The molecule has 0 atom stereocenters. The first kappa shape index (κ1) is 17.0. The first-order valence-electron chi connectivity index (χ1n) is 8.19. The number of fused-ring (bicyclic) bond motifs is 1. The molecule has 1 aliphatic heterocycles. The van der Waals surface area contributed by atoms with E-state index in [0.29, 0.717) is 36.8 Å². The van der Waals surface area contributed by atoms with Crippen molar-refractivity contribution in [3.8, 4) is 11.5 Å². The summed E-state index contributed by atoms with van der Waals surface area (Å²) < 4.78 is 10.9. The lowest BCUT2D eigenvalue weighted by Gasteiger charge is -2.19. The zero-order valence-electron chi connectivity index (χ0n) is 14.1. The third kappa shape index (κ3) is 4.35. The number of carbonyl (C=O) groups excluding carboxylic acids is 2. The molecule has 0 saturated carbocycles. The van der Waals surface area contributed by atoms with Crippen LogP contribution in [0.25, 0.3) is 0 Å². The van der Waals surface area contributed by atoms with Crippen LogP contribution in [0.4, 0.5) is 0 Å². The summed E-state index contributed by atoms with van der Waals surface area (Å²) in [5, 5.41) is 0. The van der Waals surface area contributed by atoms with Crippen LogP contribution in [-0.4, -0.2) is 41.8 Å². The molecule has 0 aliphatic carbocycles. The number of Topliss-reactive ketones (excluding diaryl/α,β-unsaturated/α-hetero) is 1. The van der Waals surface area contributed by atoms with Crippen molar-refractivity contribution in [1.29, 1.82) is 0 Å². The minimum atomic E-state index is -0.0832. The SMILES string of the molecule is CN(Cc1cccnc1)C(=O)CCC(=O)c1ccc2c(c1)OCCO2. The minimum Gasteiger partial charge on any atom is -0.486 e. The molecule has 6 heteroatoms. The largest absolute Gasteiger partial charge is 0.486 e. The fourth-order valence-electron chi connectivity index (χ4n) is 2.63.